The lowest BCUT2D eigenvalue weighted by atomic mass is 9.81. The number of hydrogen-bond acceptors (Lipinski definition) is 7. The van der Waals surface area contributed by atoms with Gasteiger partial charge in [0, 0.05) is 30.3 Å². The van der Waals surface area contributed by atoms with E-state index in [0.29, 0.717) is 6.61 Å². The molecule has 4 aliphatic heterocycles. The fourth-order valence-corrected chi connectivity index (χ4v) is 5.18. The number of fused-ring (bicyclic) bond motifs is 7. The second kappa shape index (κ2) is 6.43. The van der Waals surface area contributed by atoms with Gasteiger partial charge in [-0.05, 0) is 41.7 Å². The molecule has 0 N–H and O–H groups in total. The van der Waals surface area contributed by atoms with Crippen LogP contribution in [0.3, 0.4) is 0 Å². The highest BCUT2D eigenvalue weighted by Gasteiger charge is 2.39. The Labute approximate surface area is 169 Å². The molecule has 0 fully saturated rings. The van der Waals surface area contributed by atoms with E-state index in [9.17, 15) is 0 Å². The fraction of sp³-hybridized carbons (Fsp3) is 0.455. The van der Waals surface area contributed by atoms with Gasteiger partial charge in [0.05, 0.1) is 20.8 Å². The Bertz CT molecular complexity index is 1000. The lowest BCUT2D eigenvalue weighted by molar-refractivity contribution is -0.0191. The molecule has 0 unspecified atom stereocenters. The number of methoxy groups -OCH3 is 2. The topological polar surface area (TPSA) is 58.6 Å². The first kappa shape index (κ1) is 17.2. The SMILES string of the molecule is COc1cc2c(c3c1OCOC3)C[C@H]1c3c(cc4c(c3OC)OCO4)CCN1C2. The summed E-state index contributed by atoms with van der Waals surface area (Å²) < 4.78 is 34.2. The standard InChI is InChI=1S/C22H23NO6/c1-24-17-6-13-8-23-4-3-12-5-18-21(29-11-27-18)22(25-2)19(12)16(23)7-14(13)15-9-26-10-28-20(15)17/h5-6,16H,3-4,7-11H2,1-2H3/t16-/m0/s1. The molecule has 0 radical (unpaired) electrons. The molecule has 2 aromatic rings. The number of nitrogens with zero attached hydrogens (tertiary/aromatic N) is 1. The van der Waals surface area contributed by atoms with Crippen molar-refractivity contribution in [3.8, 4) is 28.7 Å². The first-order valence-corrected chi connectivity index (χ1v) is 9.94. The van der Waals surface area contributed by atoms with Crippen LogP contribution in [0.25, 0.3) is 0 Å². The van der Waals surface area contributed by atoms with Crippen LogP contribution in [0.2, 0.25) is 0 Å². The molecule has 0 aliphatic carbocycles. The first-order valence-electron chi connectivity index (χ1n) is 9.94. The Hall–Kier alpha value is -2.64. The Morgan fingerprint density at radius 1 is 0.966 bits per heavy atom. The molecule has 0 amide bonds. The van der Waals surface area contributed by atoms with E-state index in [1.165, 1.54) is 22.3 Å². The van der Waals surface area contributed by atoms with Gasteiger partial charge in [-0.25, -0.2) is 0 Å². The van der Waals surface area contributed by atoms with Crippen LogP contribution in [-0.4, -0.2) is 39.3 Å². The van der Waals surface area contributed by atoms with E-state index < -0.39 is 0 Å². The van der Waals surface area contributed by atoms with Gasteiger partial charge in [-0.1, -0.05) is 0 Å². The Morgan fingerprint density at radius 3 is 2.72 bits per heavy atom. The summed E-state index contributed by atoms with van der Waals surface area (Å²) in [6.45, 7) is 2.91. The summed E-state index contributed by atoms with van der Waals surface area (Å²) >= 11 is 0. The van der Waals surface area contributed by atoms with Crippen molar-refractivity contribution in [2.24, 2.45) is 0 Å². The molecular weight excluding hydrogens is 374 g/mol. The Balaban J connectivity index is 1.49. The predicted octanol–water partition coefficient (Wildman–Crippen LogP) is 2.95. The maximum atomic E-state index is 5.84. The molecule has 7 nitrogen and oxygen atoms in total. The minimum atomic E-state index is 0.218. The van der Waals surface area contributed by atoms with E-state index in [-0.39, 0.29) is 19.6 Å². The lowest BCUT2D eigenvalue weighted by Crippen LogP contribution is -2.40. The van der Waals surface area contributed by atoms with Gasteiger partial charge >= 0.3 is 0 Å². The Morgan fingerprint density at radius 2 is 1.86 bits per heavy atom. The van der Waals surface area contributed by atoms with Crippen LogP contribution < -0.4 is 23.7 Å². The molecule has 0 saturated carbocycles. The van der Waals surface area contributed by atoms with E-state index in [1.807, 2.05) is 0 Å². The van der Waals surface area contributed by atoms with E-state index in [2.05, 4.69) is 17.0 Å². The van der Waals surface area contributed by atoms with Gasteiger partial charge < -0.3 is 28.4 Å². The molecule has 4 aliphatic rings. The van der Waals surface area contributed by atoms with Crippen LogP contribution in [0.15, 0.2) is 12.1 Å². The van der Waals surface area contributed by atoms with Gasteiger partial charge in [0.15, 0.2) is 29.8 Å². The Kier molecular flexibility index (Phi) is 3.82. The number of rotatable bonds is 2. The van der Waals surface area contributed by atoms with Crippen molar-refractivity contribution in [1.82, 2.24) is 4.90 Å². The molecule has 0 bridgehead atoms. The third kappa shape index (κ3) is 2.44. The van der Waals surface area contributed by atoms with Crippen molar-refractivity contribution >= 4 is 0 Å². The van der Waals surface area contributed by atoms with Crippen molar-refractivity contribution in [3.05, 3.63) is 39.9 Å². The zero-order valence-electron chi connectivity index (χ0n) is 16.6. The molecule has 2 aromatic carbocycles. The van der Waals surface area contributed by atoms with Crippen LogP contribution in [-0.2, 0) is 30.7 Å². The van der Waals surface area contributed by atoms with E-state index in [4.69, 9.17) is 28.4 Å². The third-order valence-corrected chi connectivity index (χ3v) is 6.47. The van der Waals surface area contributed by atoms with Crippen LogP contribution in [0, 0.1) is 0 Å². The molecule has 7 heteroatoms. The van der Waals surface area contributed by atoms with Gasteiger partial charge in [0.25, 0.3) is 0 Å². The van der Waals surface area contributed by atoms with Crippen molar-refractivity contribution in [3.63, 3.8) is 0 Å². The quantitative estimate of drug-likeness (QED) is 0.772. The summed E-state index contributed by atoms with van der Waals surface area (Å²) in [5, 5.41) is 0. The minimum Gasteiger partial charge on any atom is -0.493 e. The zero-order valence-corrected chi connectivity index (χ0v) is 16.6. The smallest absolute Gasteiger partial charge is 0.231 e. The summed E-state index contributed by atoms with van der Waals surface area (Å²) in [6.07, 6.45) is 1.83. The monoisotopic (exact) mass is 397 g/mol. The van der Waals surface area contributed by atoms with Crippen LogP contribution >= 0.6 is 0 Å². The predicted molar refractivity (Wildman–Crippen MR) is 103 cm³/mol. The summed E-state index contributed by atoms with van der Waals surface area (Å²) in [5.74, 6) is 3.93. The van der Waals surface area contributed by atoms with Gasteiger partial charge in [0.1, 0.15) is 0 Å². The van der Waals surface area contributed by atoms with E-state index in [0.717, 1.165) is 60.2 Å². The number of ether oxygens (including phenoxy) is 6. The average Bonchev–Trinajstić information content (AvgIpc) is 3.24. The van der Waals surface area contributed by atoms with E-state index >= 15 is 0 Å². The number of benzene rings is 2. The molecule has 0 spiro atoms. The van der Waals surface area contributed by atoms with Crippen molar-refractivity contribution in [1.29, 1.82) is 0 Å². The lowest BCUT2D eigenvalue weighted by Gasteiger charge is -2.43. The summed E-state index contributed by atoms with van der Waals surface area (Å²) in [6, 6.07) is 4.47. The summed E-state index contributed by atoms with van der Waals surface area (Å²) in [4.78, 5) is 2.52. The highest BCUT2D eigenvalue weighted by Crippen LogP contribution is 2.52. The second-order valence-electron chi connectivity index (χ2n) is 7.79. The van der Waals surface area contributed by atoms with Crippen LogP contribution in [0.5, 0.6) is 28.7 Å². The average molecular weight is 397 g/mol. The van der Waals surface area contributed by atoms with Crippen molar-refractivity contribution in [2.75, 3.05) is 34.4 Å². The highest BCUT2D eigenvalue weighted by atomic mass is 16.7. The molecule has 6 rings (SSSR count). The van der Waals surface area contributed by atoms with Crippen LogP contribution in [0.4, 0.5) is 0 Å². The van der Waals surface area contributed by atoms with Gasteiger partial charge in [-0.15, -0.1) is 0 Å². The molecule has 4 heterocycles. The van der Waals surface area contributed by atoms with Crippen molar-refractivity contribution < 1.29 is 28.4 Å². The largest absolute Gasteiger partial charge is 0.493 e. The van der Waals surface area contributed by atoms with Crippen molar-refractivity contribution in [2.45, 2.75) is 32.0 Å². The van der Waals surface area contributed by atoms with Gasteiger partial charge in [-0.2, -0.15) is 0 Å². The van der Waals surface area contributed by atoms with Gasteiger partial charge in [-0.3, -0.25) is 4.90 Å². The minimum absolute atomic E-state index is 0.218. The zero-order chi connectivity index (χ0) is 19.5. The van der Waals surface area contributed by atoms with E-state index in [1.54, 1.807) is 14.2 Å². The maximum Gasteiger partial charge on any atom is 0.231 e. The van der Waals surface area contributed by atoms with Gasteiger partial charge in [0.2, 0.25) is 12.5 Å². The molecule has 152 valence electrons. The molecule has 0 saturated heterocycles. The number of hydrogen-bond donors (Lipinski definition) is 0. The second-order valence-corrected chi connectivity index (χ2v) is 7.79. The van der Waals surface area contributed by atoms with Crippen LogP contribution in [0.1, 0.15) is 33.9 Å². The summed E-state index contributed by atoms with van der Waals surface area (Å²) in [5.41, 5.74) is 6.20. The molecule has 29 heavy (non-hydrogen) atoms. The molecular formula is C22H23NO6. The highest BCUT2D eigenvalue weighted by molar-refractivity contribution is 5.63. The molecule has 0 aromatic heterocycles. The summed E-state index contributed by atoms with van der Waals surface area (Å²) in [7, 11) is 3.40. The first-order chi connectivity index (χ1) is 14.3. The maximum absolute atomic E-state index is 5.84. The molecule has 1 atom stereocenters. The normalized spacial score (nSPS) is 21.4. The fourth-order valence-electron chi connectivity index (χ4n) is 5.18. The third-order valence-electron chi connectivity index (χ3n) is 6.47.